The molecular weight excluding hydrogens is 328 g/mol. The van der Waals surface area contributed by atoms with E-state index in [2.05, 4.69) is 23.7 Å². The van der Waals surface area contributed by atoms with Crippen LogP contribution in [0.3, 0.4) is 0 Å². The molecule has 1 aromatic heterocycles. The van der Waals surface area contributed by atoms with Crippen LogP contribution in [-0.2, 0) is 4.74 Å². The molecule has 2 rings (SSSR count). The molecule has 5 heteroatoms. The van der Waals surface area contributed by atoms with Gasteiger partial charge in [-0.05, 0) is 50.2 Å². The molecule has 1 heterocycles. The number of ether oxygens (including phenoxy) is 2. The van der Waals surface area contributed by atoms with Crippen molar-refractivity contribution in [1.82, 2.24) is 9.88 Å². The number of methoxy groups -OCH3 is 1. The summed E-state index contributed by atoms with van der Waals surface area (Å²) in [5.74, 6) is 0.390. The van der Waals surface area contributed by atoms with Gasteiger partial charge in [-0.25, -0.2) is 4.79 Å². The first-order chi connectivity index (χ1) is 12.7. The van der Waals surface area contributed by atoms with E-state index in [0.717, 1.165) is 30.5 Å². The maximum absolute atomic E-state index is 12.6. The van der Waals surface area contributed by atoms with Gasteiger partial charge in [0, 0.05) is 18.1 Å². The van der Waals surface area contributed by atoms with Crippen LogP contribution < -0.4 is 4.74 Å². The first-order valence-electron chi connectivity index (χ1n) is 9.51. The average molecular weight is 358 g/mol. The molecule has 0 aliphatic carbocycles. The van der Waals surface area contributed by atoms with Crippen LogP contribution in [0.25, 0.3) is 10.9 Å². The second kappa shape index (κ2) is 10.8. The fourth-order valence-electron chi connectivity index (χ4n) is 2.87. The fraction of sp³-hybridized carbons (Fsp3) is 0.524. The Balaban J connectivity index is 1.99. The lowest BCUT2D eigenvalue weighted by Crippen LogP contribution is -2.30. The molecule has 26 heavy (non-hydrogen) atoms. The average Bonchev–Trinajstić information content (AvgIpc) is 2.68. The SMILES string of the molecule is CCCCN(CCCC)CCOC(=O)c1ccnc2ccc(OC)cc12. The summed E-state index contributed by atoms with van der Waals surface area (Å²) in [7, 11) is 1.61. The Labute approximate surface area is 156 Å². The van der Waals surface area contributed by atoms with Gasteiger partial charge in [0.05, 0.1) is 18.2 Å². The highest BCUT2D eigenvalue weighted by Gasteiger charge is 2.13. The van der Waals surface area contributed by atoms with Gasteiger partial charge >= 0.3 is 5.97 Å². The fourth-order valence-corrected chi connectivity index (χ4v) is 2.87. The maximum Gasteiger partial charge on any atom is 0.338 e. The van der Waals surface area contributed by atoms with Gasteiger partial charge in [-0.3, -0.25) is 9.88 Å². The smallest absolute Gasteiger partial charge is 0.338 e. The number of benzene rings is 1. The molecule has 0 atom stereocenters. The molecule has 5 nitrogen and oxygen atoms in total. The van der Waals surface area contributed by atoms with E-state index in [1.54, 1.807) is 19.4 Å². The van der Waals surface area contributed by atoms with Crippen LogP contribution in [0.15, 0.2) is 30.5 Å². The molecule has 1 aromatic carbocycles. The highest BCUT2D eigenvalue weighted by Crippen LogP contribution is 2.23. The van der Waals surface area contributed by atoms with Crippen LogP contribution >= 0.6 is 0 Å². The van der Waals surface area contributed by atoms with Gasteiger partial charge in [0.1, 0.15) is 12.4 Å². The Morgan fingerprint density at radius 1 is 1.08 bits per heavy atom. The van der Waals surface area contributed by atoms with Crippen molar-refractivity contribution < 1.29 is 14.3 Å². The lowest BCUT2D eigenvalue weighted by Gasteiger charge is -2.21. The molecule has 0 bridgehead atoms. The molecule has 0 aliphatic heterocycles. The first kappa shape index (κ1) is 20.2. The molecule has 2 aromatic rings. The summed E-state index contributed by atoms with van der Waals surface area (Å²) < 4.78 is 10.8. The standard InChI is InChI=1S/C21H30N2O3/c1-4-6-12-23(13-7-5-2)14-15-26-21(24)18-10-11-22-20-9-8-17(25-3)16-19(18)20/h8-11,16H,4-7,12-15H2,1-3H3. The lowest BCUT2D eigenvalue weighted by atomic mass is 10.1. The Bertz CT molecular complexity index is 695. The Morgan fingerprint density at radius 3 is 2.46 bits per heavy atom. The van der Waals surface area contributed by atoms with Crippen molar-refractivity contribution in [2.75, 3.05) is 33.4 Å². The molecule has 0 radical (unpaired) electrons. The van der Waals surface area contributed by atoms with E-state index >= 15 is 0 Å². The summed E-state index contributed by atoms with van der Waals surface area (Å²) in [6.07, 6.45) is 6.33. The molecule has 0 spiro atoms. The van der Waals surface area contributed by atoms with E-state index < -0.39 is 0 Å². The van der Waals surface area contributed by atoms with Crippen LogP contribution in [0, 0.1) is 0 Å². The minimum Gasteiger partial charge on any atom is -0.497 e. The van der Waals surface area contributed by atoms with Gasteiger partial charge < -0.3 is 9.47 Å². The number of esters is 1. The van der Waals surface area contributed by atoms with E-state index in [4.69, 9.17) is 9.47 Å². The molecule has 142 valence electrons. The highest BCUT2D eigenvalue weighted by molar-refractivity contribution is 6.03. The number of carbonyl (C=O) groups is 1. The number of rotatable bonds is 11. The molecule has 0 N–H and O–H groups in total. The maximum atomic E-state index is 12.6. The van der Waals surface area contributed by atoms with Crippen LogP contribution in [0.5, 0.6) is 5.75 Å². The van der Waals surface area contributed by atoms with Gasteiger partial charge in [-0.1, -0.05) is 26.7 Å². The summed E-state index contributed by atoms with van der Waals surface area (Å²) in [6, 6.07) is 7.22. The Morgan fingerprint density at radius 2 is 1.81 bits per heavy atom. The summed E-state index contributed by atoms with van der Waals surface area (Å²) in [5.41, 5.74) is 1.29. The largest absolute Gasteiger partial charge is 0.497 e. The minimum absolute atomic E-state index is 0.309. The zero-order valence-electron chi connectivity index (χ0n) is 16.2. The topological polar surface area (TPSA) is 51.7 Å². The minimum atomic E-state index is -0.309. The molecule has 0 saturated carbocycles. The van der Waals surface area contributed by atoms with Crippen LogP contribution in [0.4, 0.5) is 0 Å². The predicted octanol–water partition coefficient (Wildman–Crippen LogP) is 4.30. The zero-order chi connectivity index (χ0) is 18.8. The second-order valence-corrected chi connectivity index (χ2v) is 6.43. The predicted molar refractivity (Wildman–Crippen MR) is 105 cm³/mol. The van der Waals surface area contributed by atoms with Crippen LogP contribution in [0.2, 0.25) is 0 Å². The second-order valence-electron chi connectivity index (χ2n) is 6.43. The summed E-state index contributed by atoms with van der Waals surface area (Å²) in [4.78, 5) is 19.2. The van der Waals surface area contributed by atoms with E-state index in [-0.39, 0.29) is 5.97 Å². The number of nitrogens with zero attached hydrogens (tertiary/aromatic N) is 2. The van der Waals surface area contributed by atoms with Gasteiger partial charge in [0.2, 0.25) is 0 Å². The Hall–Kier alpha value is -2.14. The third kappa shape index (κ3) is 5.70. The molecule has 0 aliphatic rings. The number of fused-ring (bicyclic) bond motifs is 1. The molecule has 0 saturated heterocycles. The number of aromatic nitrogens is 1. The monoisotopic (exact) mass is 358 g/mol. The van der Waals surface area contributed by atoms with Crippen molar-refractivity contribution in [1.29, 1.82) is 0 Å². The van der Waals surface area contributed by atoms with Gasteiger partial charge in [0.15, 0.2) is 0 Å². The van der Waals surface area contributed by atoms with Crippen molar-refractivity contribution in [2.24, 2.45) is 0 Å². The Kier molecular flexibility index (Phi) is 8.35. The number of hydrogen-bond donors (Lipinski definition) is 0. The number of carbonyl (C=O) groups excluding carboxylic acids is 1. The quantitative estimate of drug-likeness (QED) is 0.561. The third-order valence-electron chi connectivity index (χ3n) is 4.47. The zero-order valence-corrected chi connectivity index (χ0v) is 16.2. The van der Waals surface area contributed by atoms with Crippen molar-refractivity contribution in [3.8, 4) is 5.75 Å². The molecule has 0 unspecified atom stereocenters. The van der Waals surface area contributed by atoms with E-state index in [1.807, 2.05) is 18.2 Å². The summed E-state index contributed by atoms with van der Waals surface area (Å²) >= 11 is 0. The van der Waals surface area contributed by atoms with Crippen molar-refractivity contribution in [3.05, 3.63) is 36.0 Å². The van der Waals surface area contributed by atoms with E-state index in [0.29, 0.717) is 17.9 Å². The number of pyridine rings is 1. The van der Waals surface area contributed by atoms with Crippen LogP contribution in [-0.4, -0.2) is 49.2 Å². The first-order valence-corrected chi connectivity index (χ1v) is 9.51. The summed E-state index contributed by atoms with van der Waals surface area (Å²) in [6.45, 7) is 7.69. The van der Waals surface area contributed by atoms with Crippen LogP contribution in [0.1, 0.15) is 49.9 Å². The normalized spacial score (nSPS) is 11.1. The van der Waals surface area contributed by atoms with Crippen molar-refractivity contribution >= 4 is 16.9 Å². The number of hydrogen-bond acceptors (Lipinski definition) is 5. The van der Waals surface area contributed by atoms with E-state index in [9.17, 15) is 4.79 Å². The summed E-state index contributed by atoms with van der Waals surface area (Å²) in [5, 5.41) is 0.755. The van der Waals surface area contributed by atoms with Crippen molar-refractivity contribution in [2.45, 2.75) is 39.5 Å². The van der Waals surface area contributed by atoms with E-state index in [1.165, 1.54) is 25.7 Å². The lowest BCUT2D eigenvalue weighted by molar-refractivity contribution is 0.0462. The van der Waals surface area contributed by atoms with Gasteiger partial charge in [-0.15, -0.1) is 0 Å². The van der Waals surface area contributed by atoms with Crippen molar-refractivity contribution in [3.63, 3.8) is 0 Å². The van der Waals surface area contributed by atoms with Gasteiger partial charge in [-0.2, -0.15) is 0 Å². The molecular formula is C21H30N2O3. The molecule has 0 amide bonds. The number of unbranched alkanes of at least 4 members (excludes halogenated alkanes) is 2. The molecule has 0 fully saturated rings. The third-order valence-corrected chi connectivity index (χ3v) is 4.47. The highest BCUT2D eigenvalue weighted by atomic mass is 16.5. The van der Waals surface area contributed by atoms with Gasteiger partial charge in [0.25, 0.3) is 0 Å².